The molecule has 0 atom stereocenters. The lowest BCUT2D eigenvalue weighted by atomic mass is 10.2. The van der Waals surface area contributed by atoms with Gasteiger partial charge in [-0.05, 0) is 37.6 Å². The van der Waals surface area contributed by atoms with E-state index in [4.69, 9.17) is 4.74 Å². The van der Waals surface area contributed by atoms with Crippen molar-refractivity contribution < 1.29 is 13.9 Å². The van der Waals surface area contributed by atoms with Gasteiger partial charge < -0.3 is 10.1 Å². The van der Waals surface area contributed by atoms with Crippen LogP contribution in [-0.4, -0.2) is 32.3 Å². The molecule has 0 aliphatic heterocycles. The van der Waals surface area contributed by atoms with Crippen molar-refractivity contribution in [2.45, 2.75) is 26.7 Å². The Morgan fingerprint density at radius 2 is 2.04 bits per heavy atom. The minimum Gasteiger partial charge on any atom is -0.484 e. The third kappa shape index (κ3) is 4.81. The maximum Gasteiger partial charge on any atom is 0.263 e. The van der Waals surface area contributed by atoms with E-state index in [2.05, 4.69) is 20.4 Å². The van der Waals surface area contributed by atoms with Crippen LogP contribution in [0.4, 0.5) is 10.2 Å². The number of nitrogens with one attached hydrogen (secondary N) is 2. The zero-order valence-corrected chi connectivity index (χ0v) is 15.5. The van der Waals surface area contributed by atoms with Crippen molar-refractivity contribution >= 4 is 11.7 Å². The van der Waals surface area contributed by atoms with Crippen molar-refractivity contribution in [3.05, 3.63) is 64.0 Å². The molecule has 8 nitrogen and oxygen atoms in total. The highest BCUT2D eigenvalue weighted by Gasteiger charge is 2.14. The Labute approximate surface area is 160 Å². The number of halogens is 1. The highest BCUT2D eigenvalue weighted by Crippen LogP contribution is 2.15. The number of aromatic nitrogens is 4. The van der Waals surface area contributed by atoms with Crippen molar-refractivity contribution in [2.75, 3.05) is 11.9 Å². The van der Waals surface area contributed by atoms with Gasteiger partial charge in [0, 0.05) is 17.8 Å². The minimum absolute atomic E-state index is 0.221. The second-order valence-electron chi connectivity index (χ2n) is 6.18. The first-order chi connectivity index (χ1) is 13.4. The summed E-state index contributed by atoms with van der Waals surface area (Å²) in [4.78, 5) is 31.2. The number of H-pyrrole nitrogens is 1. The van der Waals surface area contributed by atoms with Gasteiger partial charge in [0.15, 0.2) is 6.61 Å². The van der Waals surface area contributed by atoms with Crippen LogP contribution < -0.4 is 15.6 Å². The van der Waals surface area contributed by atoms with Crippen LogP contribution in [0.1, 0.15) is 24.7 Å². The Bertz CT molecular complexity index is 1030. The first kappa shape index (κ1) is 19.3. The maximum atomic E-state index is 12.9. The van der Waals surface area contributed by atoms with E-state index in [1.165, 1.54) is 35.0 Å². The van der Waals surface area contributed by atoms with Crippen LogP contribution in [0.2, 0.25) is 0 Å². The van der Waals surface area contributed by atoms with Crippen LogP contribution >= 0.6 is 0 Å². The average Bonchev–Trinajstić information content (AvgIpc) is 3.01. The molecule has 146 valence electrons. The number of aryl methyl sites for hydroxylation is 2. The molecule has 0 fully saturated rings. The number of benzene rings is 1. The van der Waals surface area contributed by atoms with Crippen molar-refractivity contribution in [3.63, 3.8) is 0 Å². The molecule has 2 N–H and O–H groups in total. The normalized spacial score (nSPS) is 10.7. The lowest BCUT2D eigenvalue weighted by Gasteiger charge is -2.10. The molecule has 28 heavy (non-hydrogen) atoms. The van der Waals surface area contributed by atoms with Gasteiger partial charge in [0.1, 0.15) is 17.4 Å². The van der Waals surface area contributed by atoms with Crippen molar-refractivity contribution in [1.29, 1.82) is 0 Å². The quantitative estimate of drug-likeness (QED) is 0.650. The third-order valence-electron chi connectivity index (χ3n) is 3.77. The summed E-state index contributed by atoms with van der Waals surface area (Å²) in [5, 5.41) is 6.97. The van der Waals surface area contributed by atoms with Crippen molar-refractivity contribution in [2.24, 2.45) is 0 Å². The molecule has 2 heterocycles. The molecule has 1 amide bonds. The summed E-state index contributed by atoms with van der Waals surface area (Å²) in [5.41, 5.74) is 0.989. The van der Waals surface area contributed by atoms with Crippen LogP contribution in [0.5, 0.6) is 5.75 Å². The highest BCUT2D eigenvalue weighted by molar-refractivity contribution is 5.91. The molecule has 3 rings (SSSR count). The van der Waals surface area contributed by atoms with E-state index in [9.17, 15) is 14.0 Å². The second-order valence-corrected chi connectivity index (χ2v) is 6.18. The number of amides is 1. The molecule has 1 aromatic carbocycles. The molecule has 0 saturated carbocycles. The van der Waals surface area contributed by atoms with Gasteiger partial charge in [0.05, 0.1) is 5.69 Å². The maximum absolute atomic E-state index is 12.9. The summed E-state index contributed by atoms with van der Waals surface area (Å²) in [7, 11) is 0. The summed E-state index contributed by atoms with van der Waals surface area (Å²) < 4.78 is 19.6. The second kappa shape index (κ2) is 8.47. The topological polar surface area (TPSA) is 102 Å². The van der Waals surface area contributed by atoms with Crippen LogP contribution in [0.3, 0.4) is 0 Å². The number of hydrogen-bond donors (Lipinski definition) is 2. The van der Waals surface area contributed by atoms with Crippen LogP contribution in [0.15, 0.2) is 41.2 Å². The lowest BCUT2D eigenvalue weighted by Crippen LogP contribution is -2.23. The Morgan fingerprint density at radius 1 is 1.29 bits per heavy atom. The van der Waals surface area contributed by atoms with E-state index in [0.29, 0.717) is 29.4 Å². The van der Waals surface area contributed by atoms with Gasteiger partial charge in [0.25, 0.3) is 11.5 Å². The number of aromatic amines is 1. The summed E-state index contributed by atoms with van der Waals surface area (Å²) >= 11 is 0. The molecule has 0 unspecified atom stereocenters. The fraction of sp³-hybridized carbons (Fsp3) is 0.263. The van der Waals surface area contributed by atoms with Crippen LogP contribution in [-0.2, 0) is 11.2 Å². The van der Waals surface area contributed by atoms with Crippen molar-refractivity contribution in [1.82, 2.24) is 19.7 Å². The minimum atomic E-state index is -0.433. The SMILES string of the molecule is CCCc1cc(=O)[nH]c(-n2nc(C)cc2NC(=O)COc2ccc(F)cc2)n1. The zero-order chi connectivity index (χ0) is 20.1. The number of rotatable bonds is 7. The number of carbonyl (C=O) groups is 1. The van der Waals surface area contributed by atoms with Gasteiger partial charge >= 0.3 is 0 Å². The number of nitrogens with zero attached hydrogens (tertiary/aromatic N) is 3. The first-order valence-electron chi connectivity index (χ1n) is 8.80. The van der Waals surface area contributed by atoms with Gasteiger partial charge in [-0.3, -0.25) is 14.6 Å². The molecule has 0 spiro atoms. The first-order valence-corrected chi connectivity index (χ1v) is 8.80. The van der Waals surface area contributed by atoms with Gasteiger partial charge in [-0.2, -0.15) is 9.78 Å². The number of carbonyl (C=O) groups excluding carboxylic acids is 1. The zero-order valence-electron chi connectivity index (χ0n) is 15.5. The van der Waals surface area contributed by atoms with Crippen LogP contribution in [0, 0.1) is 12.7 Å². The largest absolute Gasteiger partial charge is 0.484 e. The molecule has 9 heteroatoms. The van der Waals surface area contributed by atoms with Gasteiger partial charge in [0.2, 0.25) is 5.95 Å². The third-order valence-corrected chi connectivity index (χ3v) is 3.77. The summed E-state index contributed by atoms with van der Waals surface area (Å²) in [6, 6.07) is 8.46. The van der Waals surface area contributed by atoms with Gasteiger partial charge in [-0.25, -0.2) is 9.37 Å². The standard InChI is InChI=1S/C19H20FN5O3/c1-3-4-14-10-17(26)23-19(21-14)25-16(9-12(2)24-25)22-18(27)11-28-15-7-5-13(20)6-8-15/h5-10H,3-4,11H2,1-2H3,(H,22,27)(H,21,23,26). The molecule has 2 aromatic heterocycles. The van der Waals surface area contributed by atoms with E-state index < -0.39 is 5.91 Å². The van der Waals surface area contributed by atoms with E-state index in [1.807, 2.05) is 6.92 Å². The van der Waals surface area contributed by atoms with E-state index in [-0.39, 0.29) is 23.9 Å². The molecule has 3 aromatic rings. The van der Waals surface area contributed by atoms with Crippen LogP contribution in [0.25, 0.3) is 5.95 Å². The number of hydrogen-bond acceptors (Lipinski definition) is 5. The summed E-state index contributed by atoms with van der Waals surface area (Å²) in [6.45, 7) is 3.48. The molecular weight excluding hydrogens is 365 g/mol. The predicted molar refractivity (Wildman–Crippen MR) is 101 cm³/mol. The fourth-order valence-corrected chi connectivity index (χ4v) is 2.59. The molecule has 0 bridgehead atoms. The van der Waals surface area contributed by atoms with E-state index in [0.717, 1.165) is 6.42 Å². The Balaban J connectivity index is 1.76. The Morgan fingerprint density at radius 3 is 2.75 bits per heavy atom. The molecule has 0 aliphatic rings. The van der Waals surface area contributed by atoms with E-state index in [1.54, 1.807) is 13.0 Å². The van der Waals surface area contributed by atoms with Gasteiger partial charge in [-0.1, -0.05) is 13.3 Å². The van der Waals surface area contributed by atoms with Crippen molar-refractivity contribution in [3.8, 4) is 11.7 Å². The summed E-state index contributed by atoms with van der Waals surface area (Å²) in [5.74, 6) is 0.126. The molecule has 0 saturated heterocycles. The number of anilines is 1. The average molecular weight is 385 g/mol. The fourth-order valence-electron chi connectivity index (χ4n) is 2.59. The lowest BCUT2D eigenvalue weighted by molar-refractivity contribution is -0.118. The highest BCUT2D eigenvalue weighted by atomic mass is 19.1. The van der Waals surface area contributed by atoms with E-state index >= 15 is 0 Å². The smallest absolute Gasteiger partial charge is 0.263 e. The predicted octanol–water partition coefficient (Wildman–Crippen LogP) is 2.37. The number of ether oxygens (including phenoxy) is 1. The Kier molecular flexibility index (Phi) is 5.83. The monoisotopic (exact) mass is 385 g/mol. The Hall–Kier alpha value is -3.49. The summed E-state index contributed by atoms with van der Waals surface area (Å²) in [6.07, 6.45) is 1.50. The van der Waals surface area contributed by atoms with Gasteiger partial charge in [-0.15, -0.1) is 0 Å². The molecule has 0 radical (unpaired) electrons. The molecule has 0 aliphatic carbocycles. The molecular formula is C19H20FN5O3.